The maximum Gasteiger partial charge on any atom is 0.309 e. The van der Waals surface area contributed by atoms with Crippen molar-refractivity contribution in [3.05, 3.63) is 29.6 Å². The average Bonchev–Trinajstić information content (AvgIpc) is 2.51. The molecule has 5 heteroatoms. The lowest BCUT2D eigenvalue weighted by molar-refractivity contribution is -0.147. The summed E-state index contributed by atoms with van der Waals surface area (Å²) in [5.74, 6) is -0.486. The number of benzene rings is 1. The van der Waals surface area contributed by atoms with Gasteiger partial charge in [0.1, 0.15) is 5.82 Å². The Kier molecular flexibility index (Phi) is 7.67. The summed E-state index contributed by atoms with van der Waals surface area (Å²) in [4.78, 5) is 13.3. The fourth-order valence-corrected chi connectivity index (χ4v) is 2.49. The lowest BCUT2D eigenvalue weighted by Crippen LogP contribution is -2.29. The second kappa shape index (κ2) is 9.02. The molecule has 1 aromatic rings. The van der Waals surface area contributed by atoms with Crippen molar-refractivity contribution in [2.24, 2.45) is 11.3 Å². The van der Waals surface area contributed by atoms with Gasteiger partial charge in [0, 0.05) is 25.8 Å². The van der Waals surface area contributed by atoms with E-state index in [1.165, 1.54) is 6.07 Å². The third-order valence-corrected chi connectivity index (χ3v) is 4.56. The first-order chi connectivity index (χ1) is 11.2. The van der Waals surface area contributed by atoms with Crippen molar-refractivity contribution < 1.29 is 14.3 Å². The van der Waals surface area contributed by atoms with Gasteiger partial charge in [-0.3, -0.25) is 4.79 Å². The van der Waals surface area contributed by atoms with Gasteiger partial charge in [-0.05, 0) is 56.5 Å². The quantitative estimate of drug-likeness (QED) is 0.635. The van der Waals surface area contributed by atoms with Crippen molar-refractivity contribution in [2.75, 3.05) is 25.0 Å². The first kappa shape index (κ1) is 20.4. The number of nitrogens with one attached hydrogen (secondary N) is 1. The molecule has 1 atom stereocenters. The predicted molar refractivity (Wildman–Crippen MR) is 96.9 cm³/mol. The molecular formula is C19H31FN2O2. The fourth-order valence-electron chi connectivity index (χ4n) is 2.49. The highest BCUT2D eigenvalue weighted by Crippen LogP contribution is 2.23. The van der Waals surface area contributed by atoms with Gasteiger partial charge in [-0.1, -0.05) is 20.3 Å². The standard InChI is InChI=1S/C19H31FN2O2/c1-6-14(2)13-22(5)17-8-7-16(20)11-15(17)12-21-10-9-19(3,4)18(23)24/h7-8,11,14,21H,6,9-10,12-13H2,1-5H3,(H,23,24). The Labute approximate surface area is 145 Å². The highest BCUT2D eigenvalue weighted by molar-refractivity contribution is 5.73. The highest BCUT2D eigenvalue weighted by Gasteiger charge is 2.26. The molecule has 136 valence electrons. The van der Waals surface area contributed by atoms with Crippen molar-refractivity contribution in [3.8, 4) is 0 Å². The van der Waals surface area contributed by atoms with E-state index in [0.717, 1.165) is 24.2 Å². The number of carboxylic acids is 1. The van der Waals surface area contributed by atoms with E-state index in [1.54, 1.807) is 19.9 Å². The summed E-state index contributed by atoms with van der Waals surface area (Å²) in [5, 5.41) is 12.4. The number of carbonyl (C=O) groups is 1. The van der Waals surface area contributed by atoms with Crippen LogP contribution in [0.25, 0.3) is 0 Å². The molecule has 0 heterocycles. The summed E-state index contributed by atoms with van der Waals surface area (Å²) in [6.07, 6.45) is 1.62. The maximum absolute atomic E-state index is 13.6. The first-order valence-electron chi connectivity index (χ1n) is 8.61. The molecule has 1 rings (SSSR count). The Balaban J connectivity index is 2.70. The van der Waals surface area contributed by atoms with E-state index in [9.17, 15) is 9.18 Å². The Morgan fingerprint density at radius 3 is 2.67 bits per heavy atom. The van der Waals surface area contributed by atoms with Crippen LogP contribution < -0.4 is 10.2 Å². The molecule has 0 aromatic heterocycles. The van der Waals surface area contributed by atoms with Crippen LogP contribution in [0.3, 0.4) is 0 Å². The van der Waals surface area contributed by atoms with Crippen LogP contribution in [0.15, 0.2) is 18.2 Å². The van der Waals surface area contributed by atoms with Gasteiger partial charge in [-0.15, -0.1) is 0 Å². The molecule has 4 nitrogen and oxygen atoms in total. The molecule has 1 unspecified atom stereocenters. The van der Waals surface area contributed by atoms with Gasteiger partial charge in [0.2, 0.25) is 0 Å². The molecular weight excluding hydrogens is 307 g/mol. The third kappa shape index (κ3) is 6.11. The van der Waals surface area contributed by atoms with E-state index >= 15 is 0 Å². The Hall–Kier alpha value is -1.62. The zero-order chi connectivity index (χ0) is 18.3. The summed E-state index contributed by atoms with van der Waals surface area (Å²) in [7, 11) is 2.02. The topological polar surface area (TPSA) is 52.6 Å². The Morgan fingerprint density at radius 2 is 2.08 bits per heavy atom. The molecule has 24 heavy (non-hydrogen) atoms. The van der Waals surface area contributed by atoms with Crippen LogP contribution in [0.2, 0.25) is 0 Å². The zero-order valence-corrected chi connectivity index (χ0v) is 15.5. The van der Waals surface area contributed by atoms with Gasteiger partial charge in [-0.2, -0.15) is 0 Å². The third-order valence-electron chi connectivity index (χ3n) is 4.56. The lowest BCUT2D eigenvalue weighted by Gasteiger charge is -2.26. The zero-order valence-electron chi connectivity index (χ0n) is 15.5. The van der Waals surface area contributed by atoms with E-state index in [-0.39, 0.29) is 5.82 Å². The van der Waals surface area contributed by atoms with Crippen LogP contribution in [0.4, 0.5) is 10.1 Å². The number of nitrogens with zero attached hydrogens (tertiary/aromatic N) is 1. The number of anilines is 1. The fraction of sp³-hybridized carbons (Fsp3) is 0.632. The van der Waals surface area contributed by atoms with E-state index in [1.807, 2.05) is 13.1 Å². The number of carboxylic acid groups (broad SMARTS) is 1. The van der Waals surface area contributed by atoms with Gasteiger partial charge in [-0.25, -0.2) is 4.39 Å². The minimum absolute atomic E-state index is 0.252. The van der Waals surface area contributed by atoms with Crippen LogP contribution in [0.1, 0.15) is 46.1 Å². The van der Waals surface area contributed by atoms with Gasteiger partial charge < -0.3 is 15.3 Å². The van der Waals surface area contributed by atoms with Gasteiger partial charge in [0.05, 0.1) is 5.41 Å². The van der Waals surface area contributed by atoms with Crippen LogP contribution in [0, 0.1) is 17.2 Å². The molecule has 0 aliphatic heterocycles. The highest BCUT2D eigenvalue weighted by atomic mass is 19.1. The molecule has 0 aliphatic carbocycles. The minimum atomic E-state index is -0.802. The molecule has 0 saturated carbocycles. The van der Waals surface area contributed by atoms with Crippen LogP contribution >= 0.6 is 0 Å². The summed E-state index contributed by atoms with van der Waals surface area (Å²) in [6.45, 7) is 9.80. The molecule has 0 aliphatic rings. The maximum atomic E-state index is 13.6. The predicted octanol–water partition coefficient (Wildman–Crippen LogP) is 3.90. The molecule has 0 bridgehead atoms. The van der Waals surface area contributed by atoms with Crippen LogP contribution in [-0.2, 0) is 11.3 Å². The van der Waals surface area contributed by atoms with Gasteiger partial charge >= 0.3 is 5.97 Å². The molecule has 0 radical (unpaired) electrons. The minimum Gasteiger partial charge on any atom is -0.481 e. The summed E-state index contributed by atoms with van der Waals surface area (Å²) in [6, 6.07) is 4.85. The van der Waals surface area contributed by atoms with Crippen LogP contribution in [0.5, 0.6) is 0 Å². The SMILES string of the molecule is CCC(C)CN(C)c1ccc(F)cc1CNCCC(C)(C)C(=O)O. The lowest BCUT2D eigenvalue weighted by atomic mass is 9.90. The summed E-state index contributed by atoms with van der Waals surface area (Å²) in [5.41, 5.74) is 1.15. The van der Waals surface area contributed by atoms with E-state index in [0.29, 0.717) is 25.4 Å². The number of hydrogen-bond acceptors (Lipinski definition) is 3. The van der Waals surface area contributed by atoms with E-state index in [2.05, 4.69) is 24.1 Å². The number of halogens is 1. The number of hydrogen-bond donors (Lipinski definition) is 2. The van der Waals surface area contributed by atoms with Crippen molar-refractivity contribution in [3.63, 3.8) is 0 Å². The molecule has 2 N–H and O–H groups in total. The summed E-state index contributed by atoms with van der Waals surface area (Å²) >= 11 is 0. The normalized spacial score (nSPS) is 12.9. The van der Waals surface area contributed by atoms with E-state index in [4.69, 9.17) is 5.11 Å². The van der Waals surface area contributed by atoms with Crippen molar-refractivity contribution in [2.45, 2.75) is 47.1 Å². The summed E-state index contributed by atoms with van der Waals surface area (Å²) < 4.78 is 13.6. The number of rotatable bonds is 10. The second-order valence-corrected chi connectivity index (χ2v) is 7.28. The van der Waals surface area contributed by atoms with Crippen molar-refractivity contribution >= 4 is 11.7 Å². The monoisotopic (exact) mass is 338 g/mol. The molecule has 0 fully saturated rings. The van der Waals surface area contributed by atoms with Gasteiger partial charge in [0.25, 0.3) is 0 Å². The van der Waals surface area contributed by atoms with E-state index < -0.39 is 11.4 Å². The molecule has 0 amide bonds. The second-order valence-electron chi connectivity index (χ2n) is 7.28. The largest absolute Gasteiger partial charge is 0.481 e. The van der Waals surface area contributed by atoms with Crippen molar-refractivity contribution in [1.82, 2.24) is 5.32 Å². The first-order valence-corrected chi connectivity index (χ1v) is 8.61. The van der Waals surface area contributed by atoms with Crippen LogP contribution in [-0.4, -0.2) is 31.2 Å². The molecule has 0 spiro atoms. The van der Waals surface area contributed by atoms with Gasteiger partial charge in [0.15, 0.2) is 0 Å². The molecule has 0 saturated heterocycles. The Bertz CT molecular complexity index is 546. The molecule has 1 aromatic carbocycles. The number of aliphatic carboxylic acids is 1. The average molecular weight is 338 g/mol. The Morgan fingerprint density at radius 1 is 1.42 bits per heavy atom. The smallest absolute Gasteiger partial charge is 0.309 e. The van der Waals surface area contributed by atoms with Crippen molar-refractivity contribution in [1.29, 1.82) is 0 Å².